The third kappa shape index (κ3) is 10.9. The summed E-state index contributed by atoms with van der Waals surface area (Å²) in [5.74, 6) is 1.90. The number of ketones is 1. The molecule has 33 nitrogen and oxygen atoms in total. The zero-order valence-electron chi connectivity index (χ0n) is 41.6. The molecule has 75 heavy (non-hydrogen) atoms. The number of nitrogen functional groups attached to an aromatic ring is 5. The second kappa shape index (κ2) is 21.8. The lowest BCUT2D eigenvalue weighted by molar-refractivity contribution is 0.0592. The van der Waals surface area contributed by atoms with Gasteiger partial charge in [0.2, 0.25) is 0 Å². The van der Waals surface area contributed by atoms with Crippen molar-refractivity contribution in [2.75, 3.05) is 49.5 Å². The summed E-state index contributed by atoms with van der Waals surface area (Å²) in [6.07, 6.45) is 6.70. The van der Waals surface area contributed by atoms with E-state index >= 15 is 0 Å². The fourth-order valence-corrected chi connectivity index (χ4v) is 6.76. The van der Waals surface area contributed by atoms with Crippen molar-refractivity contribution in [1.82, 2.24) is 88.4 Å². The van der Waals surface area contributed by atoms with Gasteiger partial charge in [0.05, 0.1) is 61.1 Å². The predicted molar refractivity (Wildman–Crippen MR) is 266 cm³/mol. The Balaban J connectivity index is 0.000000215. The Morgan fingerprint density at radius 1 is 0.520 bits per heavy atom. The fourth-order valence-electron chi connectivity index (χ4n) is 6.76. The number of ether oxygens (including phenoxy) is 2. The first-order chi connectivity index (χ1) is 35.8. The third-order valence-corrected chi connectivity index (χ3v) is 10.5. The molecule has 0 aliphatic rings. The largest absolute Gasteiger partial charge is 0.465 e. The Morgan fingerprint density at radius 3 is 1.29 bits per heavy atom. The number of carbonyl (C=O) groups is 3. The molecule has 0 radical (unpaired) electrons. The van der Waals surface area contributed by atoms with Gasteiger partial charge in [0.15, 0.2) is 63.7 Å². The van der Waals surface area contributed by atoms with Crippen molar-refractivity contribution in [2.24, 2.45) is 41.6 Å². The molecule has 33 heteroatoms. The van der Waals surface area contributed by atoms with Crippen LogP contribution in [0.2, 0.25) is 0 Å². The van der Waals surface area contributed by atoms with Crippen molar-refractivity contribution in [1.29, 1.82) is 0 Å². The van der Waals surface area contributed by atoms with E-state index in [1.807, 2.05) is 13.8 Å². The van der Waals surface area contributed by atoms with Crippen molar-refractivity contribution in [3.05, 3.63) is 95.0 Å². The van der Waals surface area contributed by atoms with Crippen molar-refractivity contribution in [2.45, 2.75) is 27.7 Å². The molecule has 0 saturated heterocycles. The zero-order chi connectivity index (χ0) is 54.4. The lowest BCUT2D eigenvalue weighted by Gasteiger charge is -2.06. The first-order valence-electron chi connectivity index (χ1n) is 21.7. The molecule has 9 aromatic heterocycles. The number of hydrogen-bond donors (Lipinski definition) is 6. The summed E-state index contributed by atoms with van der Waals surface area (Å²) >= 11 is 0. The number of nitrogens with two attached hydrogens (primary N) is 5. The van der Waals surface area contributed by atoms with Crippen LogP contribution < -0.4 is 28.7 Å². The molecule has 9 aromatic rings. The summed E-state index contributed by atoms with van der Waals surface area (Å²) in [7, 11) is 7.39. The SMILES string of the molecule is COC(=O)c1cnn(C)c1N.COC(=O)c1cnn(C)c1N=Nc1c(C)nn(-c2cc(-n3nc(C)c(N=Nc4c(C(=O)CO)cnn4C)c3N)ncn2)c1N.Cc1cc(N)n(-c2cc(-n3nc(C)cc3N)ncn2)n1. The molecule has 0 spiro atoms. The van der Waals surface area contributed by atoms with E-state index < -0.39 is 24.3 Å². The lowest BCUT2D eigenvalue weighted by atomic mass is 10.2. The van der Waals surface area contributed by atoms with Crippen LogP contribution in [0.5, 0.6) is 0 Å². The summed E-state index contributed by atoms with van der Waals surface area (Å²) in [5, 5.41) is 55.2. The average Bonchev–Trinajstić information content (AvgIpc) is 4.28. The van der Waals surface area contributed by atoms with Crippen LogP contribution in [0.15, 0.2) is 76.0 Å². The Labute approximate surface area is 423 Å². The highest BCUT2D eigenvalue weighted by Gasteiger charge is 2.22. The van der Waals surface area contributed by atoms with Crippen LogP contribution in [0.4, 0.5) is 52.1 Å². The van der Waals surface area contributed by atoms with Gasteiger partial charge < -0.3 is 43.2 Å². The van der Waals surface area contributed by atoms with E-state index in [9.17, 15) is 19.5 Å². The van der Waals surface area contributed by atoms with Gasteiger partial charge in [-0.1, -0.05) is 0 Å². The normalized spacial score (nSPS) is 11.2. The van der Waals surface area contributed by atoms with Crippen LogP contribution in [0.3, 0.4) is 0 Å². The maximum atomic E-state index is 12.0. The monoisotopic (exact) mass is 1030 g/mol. The maximum Gasteiger partial charge on any atom is 0.343 e. The number of hydrogen-bond acceptors (Lipinski definition) is 26. The van der Waals surface area contributed by atoms with Crippen LogP contribution in [-0.4, -0.2) is 132 Å². The average molecular weight is 1030 g/mol. The number of rotatable bonds is 12. The van der Waals surface area contributed by atoms with Gasteiger partial charge in [-0.15, -0.1) is 20.5 Å². The minimum Gasteiger partial charge on any atom is -0.465 e. The number of aliphatic hydroxyl groups excluding tert-OH is 1. The third-order valence-electron chi connectivity index (χ3n) is 10.5. The van der Waals surface area contributed by atoms with Gasteiger partial charge in [-0.3, -0.25) is 9.48 Å². The minimum atomic E-state index is -0.700. The van der Waals surface area contributed by atoms with Gasteiger partial charge in [0.1, 0.15) is 47.8 Å². The second-order valence-corrected chi connectivity index (χ2v) is 15.7. The van der Waals surface area contributed by atoms with Gasteiger partial charge in [0, 0.05) is 45.4 Å². The summed E-state index contributed by atoms with van der Waals surface area (Å²) in [6.45, 7) is 6.39. The van der Waals surface area contributed by atoms with E-state index in [1.165, 1.54) is 68.9 Å². The van der Waals surface area contributed by atoms with Crippen LogP contribution in [0.25, 0.3) is 23.3 Å². The molecule has 0 atom stereocenters. The van der Waals surface area contributed by atoms with Crippen LogP contribution >= 0.6 is 0 Å². The number of Topliss-reactive ketones (excluding diaryl/α,β-unsaturated/α-hetero) is 1. The summed E-state index contributed by atoms with van der Waals surface area (Å²) in [5.41, 5.74) is 33.5. The van der Waals surface area contributed by atoms with Crippen LogP contribution in [-0.2, 0) is 30.6 Å². The van der Waals surface area contributed by atoms with Gasteiger partial charge in [-0.05, 0) is 27.7 Å². The second-order valence-electron chi connectivity index (χ2n) is 15.7. The van der Waals surface area contributed by atoms with Crippen LogP contribution in [0.1, 0.15) is 53.8 Å². The highest BCUT2D eigenvalue weighted by molar-refractivity contribution is 6.00. The number of aromatic nitrogens is 18. The van der Waals surface area contributed by atoms with Gasteiger partial charge in [0.25, 0.3) is 0 Å². The summed E-state index contributed by atoms with van der Waals surface area (Å²) in [4.78, 5) is 51.8. The quantitative estimate of drug-likeness (QED) is 0.0581. The molecule has 0 amide bonds. The summed E-state index contributed by atoms with van der Waals surface area (Å²) in [6, 6.07) is 6.82. The van der Waals surface area contributed by atoms with E-state index in [-0.39, 0.29) is 57.4 Å². The number of nitrogens with zero attached hydrogens (tertiary/aromatic N) is 22. The molecule has 0 aliphatic carbocycles. The standard InChI is InChI=1S/C24H26N16O4.C12H14N8.C6H9N3O2/c1-11-18(31-33-22-13(15(42)9-41)7-29-37(22)3)20(25)39(35-11)16-6-17(28-10-27-16)40-21(26)19(12(2)36-40)32-34-23-14(24(43)44-5)8-30-38(23)4;1-7-3-9(13)19(17-7)11-5-12(16-6-15-11)20-10(14)4-8(2)18-20;1-9-5(7)4(3-8-9)6(10)11-2/h6-8,10,41H,9,25-26H2,1-5H3;3-6H,13-14H2,1-2H3;3H,7H2,1-2H3. The zero-order valence-corrected chi connectivity index (χ0v) is 41.6. The van der Waals surface area contributed by atoms with Crippen LogP contribution in [0, 0.1) is 27.7 Å². The van der Waals surface area contributed by atoms with E-state index in [1.54, 1.807) is 68.6 Å². The van der Waals surface area contributed by atoms with Crippen molar-refractivity contribution in [3.8, 4) is 23.3 Å². The predicted octanol–water partition coefficient (Wildman–Crippen LogP) is 2.31. The smallest absolute Gasteiger partial charge is 0.343 e. The Bertz CT molecular complexity index is 3440. The van der Waals surface area contributed by atoms with E-state index in [4.69, 9.17) is 33.4 Å². The van der Waals surface area contributed by atoms with E-state index in [0.29, 0.717) is 46.0 Å². The van der Waals surface area contributed by atoms with Gasteiger partial charge in [-0.25, -0.2) is 38.9 Å². The number of aliphatic hydroxyl groups is 1. The topological polar surface area (TPSA) is 446 Å². The Kier molecular flexibility index (Phi) is 15.2. The van der Waals surface area contributed by atoms with Crippen molar-refractivity contribution < 1.29 is 29.0 Å². The molecule has 0 fully saturated rings. The number of azo groups is 2. The summed E-state index contributed by atoms with van der Waals surface area (Å²) < 4.78 is 19.1. The highest BCUT2D eigenvalue weighted by Crippen LogP contribution is 2.33. The fraction of sp³-hybridized carbons (Fsp3) is 0.238. The number of aryl methyl sites for hydroxylation is 7. The van der Waals surface area contributed by atoms with E-state index in [0.717, 1.165) is 11.4 Å². The molecule has 0 unspecified atom stereocenters. The first-order valence-corrected chi connectivity index (χ1v) is 21.7. The highest BCUT2D eigenvalue weighted by atomic mass is 16.5. The first kappa shape index (κ1) is 52.2. The molecule has 0 bridgehead atoms. The minimum absolute atomic E-state index is 0.102. The van der Waals surface area contributed by atoms with Crippen molar-refractivity contribution in [3.63, 3.8) is 0 Å². The molecule has 11 N–H and O–H groups in total. The Hall–Kier alpha value is -10.6. The molecule has 9 rings (SSSR count). The van der Waals surface area contributed by atoms with Gasteiger partial charge >= 0.3 is 11.9 Å². The number of methoxy groups -OCH3 is 2. The molecule has 0 aliphatic heterocycles. The maximum absolute atomic E-state index is 12.0. The molecular weight excluding hydrogens is 979 g/mol. The Morgan fingerprint density at radius 2 is 0.907 bits per heavy atom. The number of esters is 2. The van der Waals surface area contributed by atoms with Crippen molar-refractivity contribution >= 4 is 69.8 Å². The molecule has 0 saturated carbocycles. The number of carbonyl (C=O) groups excluding carboxylic acids is 3. The van der Waals surface area contributed by atoms with E-state index in [2.05, 4.69) is 80.8 Å². The lowest BCUT2D eigenvalue weighted by Crippen LogP contribution is -2.09. The molecule has 388 valence electrons. The molecule has 0 aromatic carbocycles. The molecule has 9 heterocycles. The van der Waals surface area contributed by atoms with Gasteiger partial charge in [-0.2, -0.15) is 54.4 Å². The number of anilines is 5. The molecular formula is C42H49N27O6.